The van der Waals surface area contributed by atoms with E-state index < -0.39 is 151 Å². The molecule has 4 unspecified atom stereocenters. The fourth-order valence-corrected chi connectivity index (χ4v) is 5.61. The molecule has 22 heteroatoms. The van der Waals surface area contributed by atoms with Crippen molar-refractivity contribution in [3.8, 4) is 0 Å². The van der Waals surface area contributed by atoms with E-state index in [2.05, 4.69) is 6.58 Å². The minimum atomic E-state index is -6.91. The van der Waals surface area contributed by atoms with Crippen LogP contribution in [-0.2, 0) is 16.7 Å². The first kappa shape index (κ1) is 36.6. The second-order valence-corrected chi connectivity index (χ2v) is 9.76. The fraction of sp³-hybridized carbons (Fsp3) is 0.154. The third-order valence-corrected chi connectivity index (χ3v) is 7.66. The first-order valence-corrected chi connectivity index (χ1v) is 12.0. The highest BCUT2D eigenvalue weighted by molar-refractivity contribution is 6.47. The molecule has 2 N–H and O–H groups in total. The van der Waals surface area contributed by atoms with E-state index in [9.17, 15) is 49.6 Å². The van der Waals surface area contributed by atoms with Crippen LogP contribution in [0.4, 0.5) is 83.4 Å². The Kier molecular flexibility index (Phi) is 8.74. The van der Waals surface area contributed by atoms with Crippen molar-refractivity contribution in [2.45, 2.75) is 16.7 Å². The number of halogens is 19. The van der Waals surface area contributed by atoms with Crippen LogP contribution in [0.2, 0.25) is 0 Å². The lowest BCUT2D eigenvalue weighted by Gasteiger charge is -2.55. The van der Waals surface area contributed by atoms with Gasteiger partial charge in [-0.15, -0.1) is 6.58 Å². The lowest BCUT2D eigenvalue weighted by Crippen LogP contribution is -2.70. The Morgan fingerprint density at radius 3 is 1.02 bits per heavy atom. The molecule has 0 saturated heterocycles. The summed E-state index contributed by atoms with van der Waals surface area (Å²) in [6.45, 7) is 2.51. The normalized spacial score (nSPS) is 24.4. The summed E-state index contributed by atoms with van der Waals surface area (Å²) < 4.78 is 288. The third-order valence-electron chi connectivity index (χ3n) is 7.66. The minimum Gasteiger partial charge on any atom is -0.426 e. The lowest BCUT2D eigenvalue weighted by molar-refractivity contribution is -0.133. The van der Waals surface area contributed by atoms with Gasteiger partial charge in [0, 0.05) is 5.56 Å². The van der Waals surface area contributed by atoms with Gasteiger partial charge < -0.3 is 10.0 Å². The van der Waals surface area contributed by atoms with E-state index in [1.54, 1.807) is 0 Å². The molecule has 4 atom stereocenters. The van der Waals surface area contributed by atoms with Crippen LogP contribution in [0, 0.1) is 93.2 Å². The summed E-state index contributed by atoms with van der Waals surface area (Å²) in [5.74, 6) is -65.3. The quantitative estimate of drug-likeness (QED) is 0.0932. The average molecular weight is 722 g/mol. The van der Waals surface area contributed by atoms with Crippen LogP contribution in [-0.4, -0.2) is 17.2 Å². The van der Waals surface area contributed by atoms with E-state index in [1.807, 2.05) is 0 Å². The Balaban J connectivity index is 2.60. The van der Waals surface area contributed by atoms with Crippen molar-refractivity contribution < 1.29 is 93.5 Å². The molecule has 0 spiro atoms. The largest absolute Gasteiger partial charge is 0.474 e. The maximum absolute atomic E-state index is 18.2. The minimum absolute atomic E-state index is 0.653. The summed E-state index contributed by atoms with van der Waals surface area (Å²) in [4.78, 5) is 0. The smallest absolute Gasteiger partial charge is 0.426 e. The number of rotatable bonds is 5. The van der Waals surface area contributed by atoms with Crippen LogP contribution in [0.5, 0.6) is 0 Å². The molecule has 1 aliphatic rings. The highest BCUT2D eigenvalue weighted by Crippen LogP contribution is 2.70. The Bertz CT molecular complexity index is 1880. The molecule has 3 aromatic carbocycles. The molecule has 0 bridgehead atoms. The Morgan fingerprint density at radius 2 is 0.729 bits per heavy atom. The predicted molar refractivity (Wildman–Crippen MR) is 119 cm³/mol. The van der Waals surface area contributed by atoms with Gasteiger partial charge in [0.25, 0.3) is 0 Å². The Labute approximate surface area is 252 Å². The number of allylic oxidation sites excluding steroid dienone is 3. The predicted octanol–water partition coefficient (Wildman–Crippen LogP) is 7.72. The van der Waals surface area contributed by atoms with Gasteiger partial charge in [0.2, 0.25) is 17.5 Å². The van der Waals surface area contributed by atoms with Gasteiger partial charge >= 0.3 is 7.12 Å². The van der Waals surface area contributed by atoms with Crippen LogP contribution in [0.1, 0.15) is 16.7 Å². The Morgan fingerprint density at radius 1 is 0.458 bits per heavy atom. The van der Waals surface area contributed by atoms with Gasteiger partial charge in [0.15, 0.2) is 81.1 Å². The van der Waals surface area contributed by atoms with Crippen LogP contribution in [0.25, 0.3) is 0 Å². The highest BCUT2D eigenvalue weighted by atomic mass is 19.2. The van der Waals surface area contributed by atoms with Gasteiger partial charge in [-0.3, -0.25) is 0 Å². The molecule has 0 aliphatic heterocycles. The molecule has 3 aromatic rings. The number of alkyl halides is 2. The van der Waals surface area contributed by atoms with Crippen LogP contribution in [0.3, 0.4) is 0 Å². The van der Waals surface area contributed by atoms with Crippen molar-refractivity contribution in [2.24, 2.45) is 5.92 Å². The monoisotopic (exact) mass is 722 g/mol. The summed E-state index contributed by atoms with van der Waals surface area (Å²) >= 11 is 0. The molecule has 1 aliphatic carbocycles. The number of hydrogen-bond acceptors (Lipinski definition) is 2. The van der Waals surface area contributed by atoms with Gasteiger partial charge in [-0.25, -0.2) is 83.4 Å². The zero-order valence-electron chi connectivity index (χ0n) is 22.0. The molecular formula is C26H6BF19O2. The van der Waals surface area contributed by atoms with Gasteiger partial charge in [-0.1, -0.05) is 6.08 Å². The first-order chi connectivity index (χ1) is 22.0. The molecule has 0 radical (unpaired) electrons. The molecular weight excluding hydrogens is 716 g/mol. The average Bonchev–Trinajstić information content (AvgIpc) is 3.03. The zero-order chi connectivity index (χ0) is 36.9. The Hall–Kier alpha value is -4.21. The van der Waals surface area contributed by atoms with E-state index in [4.69, 9.17) is 0 Å². The van der Waals surface area contributed by atoms with E-state index in [0.29, 0.717) is 0 Å². The highest BCUT2D eigenvalue weighted by Gasteiger charge is 2.83. The van der Waals surface area contributed by atoms with Gasteiger partial charge in [-0.05, 0) is 0 Å². The molecule has 258 valence electrons. The lowest BCUT2D eigenvalue weighted by atomic mass is 9.38. The molecule has 0 fully saturated rings. The van der Waals surface area contributed by atoms with Crippen molar-refractivity contribution in [1.29, 1.82) is 0 Å². The molecule has 0 saturated carbocycles. The van der Waals surface area contributed by atoms with E-state index in [1.165, 1.54) is 0 Å². The summed E-state index contributed by atoms with van der Waals surface area (Å²) in [5, 5.41) is 14.1. The van der Waals surface area contributed by atoms with E-state index >= 15 is 43.9 Å². The van der Waals surface area contributed by atoms with Crippen LogP contribution < -0.4 is 0 Å². The third kappa shape index (κ3) is 4.00. The topological polar surface area (TPSA) is 40.5 Å². The zero-order valence-corrected chi connectivity index (χ0v) is 22.0. The summed E-state index contributed by atoms with van der Waals surface area (Å²) in [5.41, 5.74) is -24.6. The standard InChI is InChI=1S/C26H6BF19O2/c1-2-3-7(28)23(44)24(27(47)48,4-8(29)14(35)20(41)15(36)9(4)30)26(46,6-12(33)18(39)22(43)19(40)13(6)34)25(3,45)5-10(31)16(37)21(42)17(38)11(5)32/h2-3,47-48H,1H2. The summed E-state index contributed by atoms with van der Waals surface area (Å²) in [6, 6.07) is 0. The second-order valence-electron chi connectivity index (χ2n) is 9.76. The fourth-order valence-electron chi connectivity index (χ4n) is 5.61. The maximum atomic E-state index is 18.2. The van der Waals surface area contributed by atoms with Crippen molar-refractivity contribution in [2.75, 3.05) is 0 Å². The molecule has 2 nitrogen and oxygen atoms in total. The van der Waals surface area contributed by atoms with Gasteiger partial charge in [-0.2, -0.15) is 0 Å². The molecule has 0 aromatic heterocycles. The van der Waals surface area contributed by atoms with Gasteiger partial charge in [0.05, 0.1) is 17.0 Å². The molecule has 4 rings (SSSR count). The van der Waals surface area contributed by atoms with E-state index in [-0.39, 0.29) is 0 Å². The van der Waals surface area contributed by atoms with Crippen molar-refractivity contribution in [3.05, 3.63) is 128 Å². The van der Waals surface area contributed by atoms with Crippen molar-refractivity contribution in [1.82, 2.24) is 0 Å². The number of benzene rings is 3. The van der Waals surface area contributed by atoms with Gasteiger partial charge in [0.1, 0.15) is 17.0 Å². The number of hydrogen-bond donors (Lipinski definition) is 2. The van der Waals surface area contributed by atoms with E-state index in [0.717, 1.165) is 0 Å². The summed E-state index contributed by atoms with van der Waals surface area (Å²) in [7, 11) is -5.03. The SMILES string of the molecule is C=CC1C(F)=C(F)C(B(O)O)(c2c(F)c(F)c(F)c(F)c2F)C(F)(c2c(F)c(F)c(F)c(F)c2F)C1(F)c1c(F)c(F)c(F)c(F)c1F. The summed E-state index contributed by atoms with van der Waals surface area (Å²) in [6.07, 6.45) is -0.653. The van der Waals surface area contributed by atoms with Crippen molar-refractivity contribution >= 4 is 7.12 Å². The van der Waals surface area contributed by atoms with Crippen molar-refractivity contribution in [3.63, 3.8) is 0 Å². The maximum Gasteiger partial charge on any atom is 0.474 e. The molecule has 48 heavy (non-hydrogen) atoms. The first-order valence-electron chi connectivity index (χ1n) is 12.0. The second kappa shape index (κ2) is 11.5. The van der Waals surface area contributed by atoms with Crippen LogP contribution in [0.15, 0.2) is 24.3 Å². The molecule has 0 amide bonds. The van der Waals surface area contributed by atoms with Crippen LogP contribution >= 0.6 is 0 Å². The molecule has 0 heterocycles.